The van der Waals surface area contributed by atoms with Crippen LogP contribution in [0.25, 0.3) is 6.08 Å². The molecular weight excluding hydrogens is 266 g/mol. The third kappa shape index (κ3) is 3.49. The Morgan fingerprint density at radius 3 is 2.95 bits per heavy atom. The average Bonchev–Trinajstić information content (AvgIpc) is 2.85. The van der Waals surface area contributed by atoms with E-state index >= 15 is 0 Å². The molecule has 0 spiro atoms. The lowest BCUT2D eigenvalue weighted by atomic mass is 10.2. The van der Waals surface area contributed by atoms with Gasteiger partial charge in [0, 0.05) is 26.3 Å². The number of carboxylic acid groups (broad SMARTS) is 1. The number of carbonyl (C=O) groups is 1. The number of rotatable bonds is 4. The molecule has 0 radical (unpaired) electrons. The SMILES string of the molecule is COC1CCN(c2ccc(/C=C/C(=O)O)cc2Cl)C1. The van der Waals surface area contributed by atoms with E-state index in [-0.39, 0.29) is 6.10 Å². The first-order valence-corrected chi connectivity index (χ1v) is 6.46. The van der Waals surface area contributed by atoms with Gasteiger partial charge in [0.05, 0.1) is 16.8 Å². The summed E-state index contributed by atoms with van der Waals surface area (Å²) in [6.45, 7) is 1.75. The summed E-state index contributed by atoms with van der Waals surface area (Å²) in [5.41, 5.74) is 1.74. The van der Waals surface area contributed by atoms with Gasteiger partial charge in [0.1, 0.15) is 0 Å². The Bertz CT molecular complexity index is 501. The molecule has 1 saturated heterocycles. The molecule has 2 rings (SSSR count). The molecule has 1 aromatic rings. The van der Waals surface area contributed by atoms with E-state index in [9.17, 15) is 4.79 Å². The maximum atomic E-state index is 10.5. The molecule has 5 heteroatoms. The van der Waals surface area contributed by atoms with Crippen LogP contribution in [0.3, 0.4) is 0 Å². The van der Waals surface area contributed by atoms with Gasteiger partial charge in [-0.1, -0.05) is 17.7 Å². The molecule has 1 unspecified atom stereocenters. The van der Waals surface area contributed by atoms with E-state index in [4.69, 9.17) is 21.4 Å². The lowest BCUT2D eigenvalue weighted by Gasteiger charge is -2.20. The zero-order chi connectivity index (χ0) is 13.8. The first-order valence-electron chi connectivity index (χ1n) is 6.08. The van der Waals surface area contributed by atoms with E-state index in [1.54, 1.807) is 13.2 Å². The normalized spacial score (nSPS) is 19.3. The zero-order valence-corrected chi connectivity index (χ0v) is 11.4. The molecule has 1 N–H and O–H groups in total. The zero-order valence-electron chi connectivity index (χ0n) is 10.7. The van der Waals surface area contributed by atoms with Gasteiger partial charge in [-0.05, 0) is 30.2 Å². The summed E-state index contributed by atoms with van der Waals surface area (Å²) < 4.78 is 5.33. The highest BCUT2D eigenvalue weighted by Gasteiger charge is 2.23. The molecule has 1 aliphatic heterocycles. The molecule has 1 aromatic carbocycles. The second-order valence-electron chi connectivity index (χ2n) is 4.47. The predicted octanol–water partition coefficient (Wildman–Crippen LogP) is 2.66. The maximum Gasteiger partial charge on any atom is 0.328 e. The van der Waals surface area contributed by atoms with Gasteiger partial charge in [0.15, 0.2) is 0 Å². The van der Waals surface area contributed by atoms with Crippen LogP contribution >= 0.6 is 11.6 Å². The average molecular weight is 282 g/mol. The summed E-state index contributed by atoms with van der Waals surface area (Å²) in [5, 5.41) is 9.21. The quantitative estimate of drug-likeness (QED) is 0.862. The molecular formula is C14H16ClNO3. The third-order valence-electron chi connectivity index (χ3n) is 3.21. The molecule has 0 aromatic heterocycles. The van der Waals surface area contributed by atoms with Crippen molar-refractivity contribution >= 4 is 29.3 Å². The number of benzene rings is 1. The van der Waals surface area contributed by atoms with Crippen molar-refractivity contribution in [3.8, 4) is 0 Å². The van der Waals surface area contributed by atoms with Crippen LogP contribution in [-0.4, -0.2) is 37.4 Å². The molecule has 1 aliphatic rings. The molecule has 102 valence electrons. The molecule has 1 fully saturated rings. The standard InChI is InChI=1S/C14H16ClNO3/c1-19-11-6-7-16(9-11)13-4-2-10(8-12(13)15)3-5-14(17)18/h2-5,8,11H,6-7,9H2,1H3,(H,17,18)/b5-3+. The van der Waals surface area contributed by atoms with Crippen molar-refractivity contribution in [3.63, 3.8) is 0 Å². The number of anilines is 1. The van der Waals surface area contributed by atoms with E-state index in [2.05, 4.69) is 4.90 Å². The van der Waals surface area contributed by atoms with Gasteiger partial charge in [-0.3, -0.25) is 0 Å². The lowest BCUT2D eigenvalue weighted by Crippen LogP contribution is -2.22. The summed E-state index contributed by atoms with van der Waals surface area (Å²) in [4.78, 5) is 12.6. The molecule has 0 saturated carbocycles. The fourth-order valence-corrected chi connectivity index (χ4v) is 2.50. The van der Waals surface area contributed by atoms with Crippen molar-refractivity contribution < 1.29 is 14.6 Å². The van der Waals surface area contributed by atoms with Crippen LogP contribution in [0.2, 0.25) is 5.02 Å². The minimum atomic E-state index is -0.970. The van der Waals surface area contributed by atoms with Crippen LogP contribution in [0.15, 0.2) is 24.3 Å². The highest BCUT2D eigenvalue weighted by Crippen LogP contribution is 2.30. The Morgan fingerprint density at radius 2 is 2.37 bits per heavy atom. The fraction of sp³-hybridized carbons (Fsp3) is 0.357. The van der Waals surface area contributed by atoms with E-state index in [1.165, 1.54) is 6.08 Å². The maximum absolute atomic E-state index is 10.5. The van der Waals surface area contributed by atoms with Crippen LogP contribution in [0.5, 0.6) is 0 Å². The van der Waals surface area contributed by atoms with Crippen molar-refractivity contribution in [1.29, 1.82) is 0 Å². The van der Waals surface area contributed by atoms with E-state index in [0.29, 0.717) is 5.02 Å². The molecule has 0 aliphatic carbocycles. The summed E-state index contributed by atoms with van der Waals surface area (Å²) in [6.07, 6.45) is 3.87. The Kier molecular flexibility index (Phi) is 4.45. The number of carboxylic acids is 1. The highest BCUT2D eigenvalue weighted by atomic mass is 35.5. The predicted molar refractivity (Wildman–Crippen MR) is 75.7 cm³/mol. The Labute approximate surface area is 117 Å². The Morgan fingerprint density at radius 1 is 1.58 bits per heavy atom. The van der Waals surface area contributed by atoms with E-state index in [1.807, 2.05) is 12.1 Å². The number of nitrogens with zero attached hydrogens (tertiary/aromatic N) is 1. The third-order valence-corrected chi connectivity index (χ3v) is 3.51. The minimum absolute atomic E-state index is 0.252. The number of hydrogen-bond acceptors (Lipinski definition) is 3. The van der Waals surface area contributed by atoms with Crippen LogP contribution in [0.4, 0.5) is 5.69 Å². The van der Waals surface area contributed by atoms with Crippen molar-refractivity contribution in [2.75, 3.05) is 25.1 Å². The van der Waals surface area contributed by atoms with Crippen molar-refractivity contribution in [3.05, 3.63) is 34.9 Å². The van der Waals surface area contributed by atoms with Crippen molar-refractivity contribution in [2.45, 2.75) is 12.5 Å². The minimum Gasteiger partial charge on any atom is -0.478 e. The van der Waals surface area contributed by atoms with Crippen molar-refractivity contribution in [2.24, 2.45) is 0 Å². The molecule has 4 nitrogen and oxygen atoms in total. The largest absolute Gasteiger partial charge is 0.478 e. The van der Waals surface area contributed by atoms with Gasteiger partial charge >= 0.3 is 5.97 Å². The number of methoxy groups -OCH3 is 1. The van der Waals surface area contributed by atoms with Crippen LogP contribution in [0.1, 0.15) is 12.0 Å². The Balaban J connectivity index is 2.13. The molecule has 1 atom stereocenters. The number of halogens is 1. The smallest absolute Gasteiger partial charge is 0.328 e. The number of ether oxygens (including phenoxy) is 1. The highest BCUT2D eigenvalue weighted by molar-refractivity contribution is 6.33. The summed E-state index contributed by atoms with van der Waals surface area (Å²) in [7, 11) is 1.72. The summed E-state index contributed by atoms with van der Waals surface area (Å²) >= 11 is 6.25. The van der Waals surface area contributed by atoms with Gasteiger partial charge in [-0.25, -0.2) is 4.79 Å². The summed E-state index contributed by atoms with van der Waals surface area (Å²) in [5.74, 6) is -0.970. The molecule has 19 heavy (non-hydrogen) atoms. The molecule has 0 bridgehead atoms. The molecule has 1 heterocycles. The first kappa shape index (κ1) is 13.9. The number of hydrogen-bond donors (Lipinski definition) is 1. The Hall–Kier alpha value is -1.52. The topological polar surface area (TPSA) is 49.8 Å². The molecule has 0 amide bonds. The number of aliphatic carboxylic acids is 1. The summed E-state index contributed by atoms with van der Waals surface area (Å²) in [6, 6.07) is 5.55. The van der Waals surface area contributed by atoms with Gasteiger partial charge in [-0.2, -0.15) is 0 Å². The van der Waals surface area contributed by atoms with Crippen LogP contribution in [-0.2, 0) is 9.53 Å². The second-order valence-corrected chi connectivity index (χ2v) is 4.88. The van der Waals surface area contributed by atoms with Gasteiger partial charge in [-0.15, -0.1) is 0 Å². The van der Waals surface area contributed by atoms with Gasteiger partial charge in [0.2, 0.25) is 0 Å². The lowest BCUT2D eigenvalue weighted by molar-refractivity contribution is -0.131. The van der Waals surface area contributed by atoms with E-state index in [0.717, 1.165) is 36.8 Å². The van der Waals surface area contributed by atoms with Gasteiger partial charge < -0.3 is 14.7 Å². The first-order chi connectivity index (χ1) is 9.10. The van der Waals surface area contributed by atoms with Crippen LogP contribution in [0, 0.1) is 0 Å². The second kappa shape index (κ2) is 6.08. The van der Waals surface area contributed by atoms with Crippen LogP contribution < -0.4 is 4.90 Å². The fourth-order valence-electron chi connectivity index (χ4n) is 2.19. The van der Waals surface area contributed by atoms with E-state index < -0.39 is 5.97 Å². The van der Waals surface area contributed by atoms with Crippen molar-refractivity contribution in [1.82, 2.24) is 0 Å². The van der Waals surface area contributed by atoms with Gasteiger partial charge in [0.25, 0.3) is 0 Å². The monoisotopic (exact) mass is 281 g/mol.